The largest absolute Gasteiger partial charge is 0.480 e. The first-order valence-corrected chi connectivity index (χ1v) is 11.2. The fourth-order valence-corrected chi connectivity index (χ4v) is 2.94. The summed E-state index contributed by atoms with van der Waals surface area (Å²) in [5.74, 6) is -2.06. The van der Waals surface area contributed by atoms with Crippen molar-refractivity contribution in [2.75, 3.05) is 0 Å². The minimum atomic E-state index is -1.16. The third-order valence-corrected chi connectivity index (χ3v) is 4.93. The number of unbranched alkanes of at least 4 members (excludes halogenated alkanes) is 5. The van der Waals surface area contributed by atoms with Gasteiger partial charge in [-0.1, -0.05) is 50.5 Å². The number of carboxylic acids is 1. The van der Waals surface area contributed by atoms with Crippen LogP contribution >= 0.6 is 0 Å². The number of nitrogens with one attached hydrogen (secondary N) is 1. The number of aliphatic hydroxyl groups is 2. The van der Waals surface area contributed by atoms with E-state index in [4.69, 9.17) is 10.8 Å². The Morgan fingerprint density at radius 2 is 1.55 bits per heavy atom. The lowest BCUT2D eigenvalue weighted by Gasteiger charge is -2.13. The number of amides is 2. The van der Waals surface area contributed by atoms with Crippen molar-refractivity contribution in [1.82, 2.24) is 5.32 Å². The highest BCUT2D eigenvalue weighted by molar-refractivity contribution is 5.84. The van der Waals surface area contributed by atoms with Gasteiger partial charge >= 0.3 is 5.97 Å². The molecule has 0 unspecified atom stereocenters. The summed E-state index contributed by atoms with van der Waals surface area (Å²) in [5.41, 5.74) is 5.01. The molecule has 0 aliphatic rings. The van der Waals surface area contributed by atoms with Gasteiger partial charge in [-0.3, -0.25) is 9.59 Å². The molecule has 0 radical (unpaired) electrons. The Labute approximate surface area is 185 Å². The highest BCUT2D eigenvalue weighted by Gasteiger charge is 2.20. The minimum Gasteiger partial charge on any atom is -0.480 e. The number of carbonyl (C=O) groups is 3. The number of carboxylic acid groups (broad SMARTS) is 1. The van der Waals surface area contributed by atoms with E-state index in [0.717, 1.165) is 38.5 Å². The monoisotopic (exact) mass is 440 g/mol. The van der Waals surface area contributed by atoms with Crippen molar-refractivity contribution in [1.29, 1.82) is 0 Å². The van der Waals surface area contributed by atoms with Crippen LogP contribution < -0.4 is 11.1 Å². The predicted molar refractivity (Wildman–Crippen MR) is 120 cm³/mol. The third-order valence-electron chi connectivity index (χ3n) is 4.93. The standard InChI is InChI=1S/C23H40N2O6/c1-2-19(26)20(27)14-12-10-8-6-4-3-5-7-9-11-13-15-22(29)25-18(23(30)31)16-17-21(24)28/h4,6,10,12,18-20,26-27H,2-3,5,7-9,11,13-17H2,1H3,(H2,24,28)(H,25,29)(H,30,31)/b6-4-,12-10-/t18-,19+,20+/m0/s1. The minimum absolute atomic E-state index is 0.00362. The van der Waals surface area contributed by atoms with Gasteiger partial charge in [0, 0.05) is 12.8 Å². The molecular formula is C23H40N2O6. The van der Waals surface area contributed by atoms with Crippen LogP contribution in [-0.4, -0.2) is 51.4 Å². The van der Waals surface area contributed by atoms with Crippen LogP contribution in [0, 0.1) is 0 Å². The number of primary amides is 1. The van der Waals surface area contributed by atoms with Crippen LogP contribution in [0.25, 0.3) is 0 Å². The van der Waals surface area contributed by atoms with E-state index in [2.05, 4.69) is 17.5 Å². The summed E-state index contributed by atoms with van der Waals surface area (Å²) in [6.07, 6.45) is 14.5. The van der Waals surface area contributed by atoms with Gasteiger partial charge in [0.15, 0.2) is 0 Å². The van der Waals surface area contributed by atoms with Crippen molar-refractivity contribution in [3.05, 3.63) is 24.3 Å². The summed E-state index contributed by atoms with van der Waals surface area (Å²) in [4.78, 5) is 33.7. The van der Waals surface area contributed by atoms with Crippen molar-refractivity contribution in [2.45, 2.75) is 102 Å². The lowest BCUT2D eigenvalue weighted by atomic mass is 10.1. The van der Waals surface area contributed by atoms with Gasteiger partial charge in [-0.25, -0.2) is 4.79 Å². The predicted octanol–water partition coefficient (Wildman–Crippen LogP) is 2.58. The number of nitrogens with two attached hydrogens (primary N) is 1. The van der Waals surface area contributed by atoms with Gasteiger partial charge in [0.05, 0.1) is 12.2 Å². The molecule has 0 fully saturated rings. The maximum atomic E-state index is 11.8. The second-order valence-corrected chi connectivity index (χ2v) is 7.73. The van der Waals surface area contributed by atoms with Crippen LogP contribution in [0.5, 0.6) is 0 Å². The SMILES string of the molecule is CC[C@@H](O)[C@H](O)C/C=C\C/C=C\CCCCCCCC(=O)N[C@@H](CCC(N)=O)C(=O)O. The molecule has 8 nitrogen and oxygen atoms in total. The highest BCUT2D eigenvalue weighted by atomic mass is 16.4. The maximum absolute atomic E-state index is 11.8. The van der Waals surface area contributed by atoms with Gasteiger partial charge < -0.3 is 26.4 Å². The van der Waals surface area contributed by atoms with Gasteiger partial charge in [-0.05, 0) is 44.9 Å². The maximum Gasteiger partial charge on any atom is 0.326 e. The number of aliphatic hydroxyl groups excluding tert-OH is 2. The topological polar surface area (TPSA) is 150 Å². The molecule has 0 spiro atoms. The van der Waals surface area contributed by atoms with E-state index in [-0.39, 0.29) is 25.2 Å². The molecule has 3 atom stereocenters. The summed E-state index contributed by atoms with van der Waals surface area (Å²) >= 11 is 0. The zero-order valence-electron chi connectivity index (χ0n) is 18.7. The van der Waals surface area contributed by atoms with E-state index in [1.54, 1.807) is 0 Å². The molecule has 0 saturated carbocycles. The first-order valence-electron chi connectivity index (χ1n) is 11.2. The summed E-state index contributed by atoms with van der Waals surface area (Å²) in [5, 5.41) is 30.6. The number of allylic oxidation sites excluding steroid dienone is 3. The van der Waals surface area contributed by atoms with E-state index in [0.29, 0.717) is 19.3 Å². The van der Waals surface area contributed by atoms with Crippen molar-refractivity contribution in [2.24, 2.45) is 5.73 Å². The van der Waals surface area contributed by atoms with Crippen LogP contribution in [0.4, 0.5) is 0 Å². The van der Waals surface area contributed by atoms with Crippen molar-refractivity contribution >= 4 is 17.8 Å². The molecule has 0 aliphatic carbocycles. The fraction of sp³-hybridized carbons (Fsp3) is 0.696. The molecule has 0 aromatic carbocycles. The zero-order valence-corrected chi connectivity index (χ0v) is 18.7. The quantitative estimate of drug-likeness (QED) is 0.154. The summed E-state index contributed by atoms with van der Waals surface area (Å²) in [6.45, 7) is 1.84. The third kappa shape index (κ3) is 17.2. The number of hydrogen-bond acceptors (Lipinski definition) is 5. The van der Waals surface area contributed by atoms with Gasteiger partial charge in [0.2, 0.25) is 11.8 Å². The van der Waals surface area contributed by atoms with Gasteiger partial charge in [0.25, 0.3) is 0 Å². The van der Waals surface area contributed by atoms with Crippen LogP contribution in [0.2, 0.25) is 0 Å². The lowest BCUT2D eigenvalue weighted by molar-refractivity contribution is -0.142. The van der Waals surface area contributed by atoms with E-state index in [9.17, 15) is 24.6 Å². The number of hydrogen-bond donors (Lipinski definition) is 5. The molecule has 0 aromatic heterocycles. The Hall–Kier alpha value is -2.19. The molecule has 0 aliphatic heterocycles. The number of aliphatic carboxylic acids is 1. The molecule has 0 saturated heterocycles. The molecule has 8 heteroatoms. The Kier molecular flexibility index (Phi) is 17.3. The molecule has 0 bridgehead atoms. The van der Waals surface area contributed by atoms with Crippen molar-refractivity contribution in [3.8, 4) is 0 Å². The molecule has 6 N–H and O–H groups in total. The van der Waals surface area contributed by atoms with Crippen LogP contribution in [0.15, 0.2) is 24.3 Å². The van der Waals surface area contributed by atoms with Gasteiger partial charge in [0.1, 0.15) is 6.04 Å². The first-order chi connectivity index (χ1) is 14.8. The summed E-state index contributed by atoms with van der Waals surface area (Å²) in [6, 6.07) is -1.07. The summed E-state index contributed by atoms with van der Waals surface area (Å²) in [7, 11) is 0. The average Bonchev–Trinajstić information content (AvgIpc) is 2.73. The van der Waals surface area contributed by atoms with Crippen LogP contribution in [-0.2, 0) is 14.4 Å². The molecule has 0 aromatic rings. The molecule has 2 amide bonds. The molecule has 0 rings (SSSR count). The number of carbonyl (C=O) groups excluding carboxylic acids is 2. The van der Waals surface area contributed by atoms with Crippen LogP contribution in [0.1, 0.15) is 84.0 Å². The zero-order chi connectivity index (χ0) is 23.5. The first kappa shape index (κ1) is 28.8. The Bertz CT molecular complexity index is 576. The van der Waals surface area contributed by atoms with E-state index < -0.39 is 30.1 Å². The van der Waals surface area contributed by atoms with E-state index >= 15 is 0 Å². The Balaban J connectivity index is 3.69. The molecule has 31 heavy (non-hydrogen) atoms. The number of rotatable bonds is 19. The van der Waals surface area contributed by atoms with Crippen molar-refractivity contribution < 1.29 is 29.7 Å². The average molecular weight is 441 g/mol. The van der Waals surface area contributed by atoms with Gasteiger partial charge in [-0.15, -0.1) is 0 Å². The second-order valence-electron chi connectivity index (χ2n) is 7.73. The molecular weight excluding hydrogens is 400 g/mol. The summed E-state index contributed by atoms with van der Waals surface area (Å²) < 4.78 is 0. The smallest absolute Gasteiger partial charge is 0.326 e. The van der Waals surface area contributed by atoms with Gasteiger partial charge in [-0.2, -0.15) is 0 Å². The molecule has 178 valence electrons. The van der Waals surface area contributed by atoms with E-state index in [1.165, 1.54) is 0 Å². The van der Waals surface area contributed by atoms with Crippen LogP contribution in [0.3, 0.4) is 0 Å². The molecule has 0 heterocycles. The highest BCUT2D eigenvalue weighted by Crippen LogP contribution is 2.09. The lowest BCUT2D eigenvalue weighted by Crippen LogP contribution is -2.41. The normalized spacial score (nSPS) is 14.5. The second kappa shape index (κ2) is 18.6. The van der Waals surface area contributed by atoms with Crippen molar-refractivity contribution in [3.63, 3.8) is 0 Å². The Morgan fingerprint density at radius 3 is 2.19 bits per heavy atom. The Morgan fingerprint density at radius 1 is 0.903 bits per heavy atom. The fourth-order valence-electron chi connectivity index (χ4n) is 2.94. The van der Waals surface area contributed by atoms with E-state index in [1.807, 2.05) is 19.1 Å².